The number of hydrogen-bond acceptors (Lipinski definition) is 7. The van der Waals surface area contributed by atoms with E-state index in [1.165, 1.54) is 24.6 Å². The molecule has 23 heavy (non-hydrogen) atoms. The van der Waals surface area contributed by atoms with E-state index >= 15 is 0 Å². The summed E-state index contributed by atoms with van der Waals surface area (Å²) < 4.78 is 0. The predicted octanol–water partition coefficient (Wildman–Crippen LogP) is 0.895. The molecule has 0 aliphatic heterocycles. The van der Waals surface area contributed by atoms with Gasteiger partial charge in [0.1, 0.15) is 12.8 Å². The van der Waals surface area contributed by atoms with Crippen molar-refractivity contribution in [2.45, 2.75) is 0 Å². The summed E-state index contributed by atoms with van der Waals surface area (Å²) in [4.78, 5) is 31.3. The van der Waals surface area contributed by atoms with Gasteiger partial charge in [0.15, 0.2) is 0 Å². The zero-order valence-corrected chi connectivity index (χ0v) is 12.9. The van der Waals surface area contributed by atoms with Crippen molar-refractivity contribution in [3.05, 3.63) is 53.2 Å². The minimum atomic E-state index is -1.46. The maximum atomic E-state index is 11.8. The van der Waals surface area contributed by atoms with Crippen molar-refractivity contribution in [1.29, 1.82) is 0 Å². The fourth-order valence-electron chi connectivity index (χ4n) is 1.62. The lowest BCUT2D eigenvalue weighted by Crippen LogP contribution is -2.32. The van der Waals surface area contributed by atoms with Crippen LogP contribution in [0.4, 0.5) is 5.00 Å². The van der Waals surface area contributed by atoms with Gasteiger partial charge in [0, 0.05) is 23.2 Å². The first kappa shape index (κ1) is 16.4. The molecule has 0 aliphatic carbocycles. The third-order valence-corrected chi connectivity index (χ3v) is 3.43. The van der Waals surface area contributed by atoms with Crippen LogP contribution in [0.3, 0.4) is 0 Å². The van der Waals surface area contributed by atoms with Gasteiger partial charge in [0.2, 0.25) is 5.91 Å². The Morgan fingerprint density at radius 1 is 1.43 bits per heavy atom. The standard InChI is InChI=1S/C15H13N3O4S/c1-22-18-14(15(20)21)10-8-13(23-9-10)17-12(19)6-5-11-4-2-3-7-16-11/h2-9H,1H3,(H,17,19)(H,20,21)/p-1/b6-5+,18-14+. The van der Waals surface area contributed by atoms with E-state index in [4.69, 9.17) is 0 Å². The number of amides is 1. The quantitative estimate of drug-likeness (QED) is 0.481. The lowest BCUT2D eigenvalue weighted by molar-refractivity contribution is -0.294. The van der Waals surface area contributed by atoms with Crippen LogP contribution in [0.25, 0.3) is 6.08 Å². The van der Waals surface area contributed by atoms with E-state index in [1.807, 2.05) is 6.07 Å². The Balaban J connectivity index is 2.04. The number of pyridine rings is 1. The highest BCUT2D eigenvalue weighted by Crippen LogP contribution is 2.21. The molecule has 1 N–H and O–H groups in total. The van der Waals surface area contributed by atoms with Crippen molar-refractivity contribution in [2.75, 3.05) is 12.4 Å². The zero-order valence-electron chi connectivity index (χ0n) is 12.1. The van der Waals surface area contributed by atoms with Gasteiger partial charge in [-0.2, -0.15) is 0 Å². The summed E-state index contributed by atoms with van der Waals surface area (Å²) in [5, 5.41) is 19.0. The van der Waals surface area contributed by atoms with Crippen LogP contribution < -0.4 is 10.4 Å². The van der Waals surface area contributed by atoms with Crippen molar-refractivity contribution in [1.82, 2.24) is 4.98 Å². The van der Waals surface area contributed by atoms with Crippen molar-refractivity contribution < 1.29 is 19.5 Å². The van der Waals surface area contributed by atoms with Gasteiger partial charge in [-0.3, -0.25) is 9.78 Å². The summed E-state index contributed by atoms with van der Waals surface area (Å²) >= 11 is 1.16. The molecule has 0 radical (unpaired) electrons. The second-order valence-electron chi connectivity index (χ2n) is 4.19. The highest BCUT2D eigenvalue weighted by molar-refractivity contribution is 7.14. The number of anilines is 1. The summed E-state index contributed by atoms with van der Waals surface area (Å²) in [6.45, 7) is 0. The SMILES string of the molecule is CO/N=C(/C(=O)[O-])c1csc(NC(=O)/C=C/c2ccccn2)c1. The van der Waals surface area contributed by atoms with Gasteiger partial charge in [-0.25, -0.2) is 0 Å². The topological polar surface area (TPSA) is 104 Å². The monoisotopic (exact) mass is 330 g/mol. The molecular weight excluding hydrogens is 318 g/mol. The maximum Gasteiger partial charge on any atom is 0.249 e. The minimum Gasteiger partial charge on any atom is -0.543 e. The molecule has 2 heterocycles. The number of nitrogens with one attached hydrogen (secondary N) is 1. The number of oxime groups is 1. The molecule has 7 nitrogen and oxygen atoms in total. The van der Waals surface area contributed by atoms with E-state index in [0.29, 0.717) is 16.3 Å². The Labute approximate surface area is 135 Å². The molecule has 2 aromatic heterocycles. The average molecular weight is 330 g/mol. The van der Waals surface area contributed by atoms with E-state index < -0.39 is 5.97 Å². The van der Waals surface area contributed by atoms with Crippen LogP contribution in [0.15, 0.2) is 47.1 Å². The number of rotatable bonds is 6. The summed E-state index contributed by atoms with van der Waals surface area (Å²) in [6.07, 6.45) is 4.53. The van der Waals surface area contributed by atoms with Crippen LogP contribution >= 0.6 is 11.3 Å². The number of nitrogens with zero attached hydrogens (tertiary/aromatic N) is 2. The van der Waals surface area contributed by atoms with Crippen LogP contribution in [0.2, 0.25) is 0 Å². The number of carboxylic acid groups (broad SMARTS) is 1. The molecule has 0 atom stereocenters. The number of carboxylic acids is 1. The first-order valence-corrected chi connectivity index (χ1v) is 7.29. The van der Waals surface area contributed by atoms with Gasteiger partial charge >= 0.3 is 0 Å². The summed E-state index contributed by atoms with van der Waals surface area (Å²) in [7, 11) is 1.24. The van der Waals surface area contributed by atoms with E-state index in [9.17, 15) is 14.7 Å². The van der Waals surface area contributed by atoms with Gasteiger partial charge in [-0.1, -0.05) is 11.2 Å². The molecule has 2 aromatic rings. The molecule has 8 heteroatoms. The van der Waals surface area contributed by atoms with E-state index in [1.54, 1.807) is 24.4 Å². The van der Waals surface area contributed by atoms with E-state index in [2.05, 4.69) is 20.3 Å². The first-order valence-electron chi connectivity index (χ1n) is 6.41. The second-order valence-corrected chi connectivity index (χ2v) is 5.10. The molecule has 118 valence electrons. The van der Waals surface area contributed by atoms with Gasteiger partial charge in [-0.15, -0.1) is 11.3 Å². The van der Waals surface area contributed by atoms with Crippen molar-refractivity contribution >= 4 is 40.0 Å². The van der Waals surface area contributed by atoms with Crippen LogP contribution in [0, 0.1) is 0 Å². The van der Waals surface area contributed by atoms with Gasteiger partial charge in [0.05, 0.1) is 16.7 Å². The molecule has 0 fully saturated rings. The fraction of sp³-hybridized carbons (Fsp3) is 0.0667. The lowest BCUT2D eigenvalue weighted by Gasteiger charge is -2.03. The maximum absolute atomic E-state index is 11.8. The average Bonchev–Trinajstić information content (AvgIpc) is 2.99. The second kappa shape index (κ2) is 7.85. The predicted molar refractivity (Wildman–Crippen MR) is 84.8 cm³/mol. The van der Waals surface area contributed by atoms with Crippen LogP contribution in [-0.4, -0.2) is 29.7 Å². The number of aliphatic carboxylic acids is 1. The Morgan fingerprint density at radius 3 is 2.91 bits per heavy atom. The Bertz CT molecular complexity index is 753. The zero-order chi connectivity index (χ0) is 16.7. The Morgan fingerprint density at radius 2 is 2.26 bits per heavy atom. The molecule has 0 saturated heterocycles. The molecule has 0 bridgehead atoms. The third-order valence-electron chi connectivity index (χ3n) is 2.59. The third kappa shape index (κ3) is 4.75. The van der Waals surface area contributed by atoms with Gasteiger partial charge < -0.3 is 20.1 Å². The summed E-state index contributed by atoms with van der Waals surface area (Å²) in [6, 6.07) is 6.83. The van der Waals surface area contributed by atoms with Crippen molar-refractivity contribution in [3.8, 4) is 0 Å². The van der Waals surface area contributed by atoms with Crippen LogP contribution in [0.1, 0.15) is 11.3 Å². The smallest absolute Gasteiger partial charge is 0.249 e. The number of aromatic nitrogens is 1. The highest BCUT2D eigenvalue weighted by atomic mass is 32.1. The van der Waals surface area contributed by atoms with Gasteiger partial charge in [-0.05, 0) is 24.3 Å². The van der Waals surface area contributed by atoms with Crippen molar-refractivity contribution in [2.24, 2.45) is 5.16 Å². The number of carbonyl (C=O) groups excluding carboxylic acids is 2. The molecule has 2 rings (SSSR count). The summed E-state index contributed by atoms with van der Waals surface area (Å²) in [5.41, 5.74) is 0.607. The fourth-order valence-corrected chi connectivity index (χ4v) is 2.41. The molecule has 0 saturated carbocycles. The molecule has 0 unspecified atom stereocenters. The molecule has 0 aliphatic rings. The van der Waals surface area contributed by atoms with Crippen LogP contribution in [0.5, 0.6) is 0 Å². The molecular formula is C15H12N3O4S-. The highest BCUT2D eigenvalue weighted by Gasteiger charge is 2.10. The van der Waals surface area contributed by atoms with Crippen LogP contribution in [-0.2, 0) is 14.4 Å². The lowest BCUT2D eigenvalue weighted by atomic mass is 10.2. The first-order chi connectivity index (χ1) is 11.1. The Kier molecular flexibility index (Phi) is 5.59. The Hall–Kier alpha value is -3.00. The molecule has 0 aromatic carbocycles. The normalized spacial score (nSPS) is 11.4. The van der Waals surface area contributed by atoms with Crippen molar-refractivity contribution in [3.63, 3.8) is 0 Å². The van der Waals surface area contributed by atoms with E-state index in [-0.39, 0.29) is 11.6 Å². The number of thiophene rings is 1. The van der Waals surface area contributed by atoms with Gasteiger partial charge in [0.25, 0.3) is 0 Å². The molecule has 0 spiro atoms. The number of carbonyl (C=O) groups is 2. The molecule has 1 amide bonds. The largest absolute Gasteiger partial charge is 0.543 e. The van der Waals surface area contributed by atoms with E-state index in [0.717, 1.165) is 11.3 Å². The minimum absolute atomic E-state index is 0.292. The number of hydrogen-bond donors (Lipinski definition) is 1. The summed E-state index contributed by atoms with van der Waals surface area (Å²) in [5.74, 6) is -1.82.